The van der Waals surface area contributed by atoms with Crippen molar-refractivity contribution in [1.29, 1.82) is 0 Å². The molecule has 1 N–H and O–H groups in total. The lowest BCUT2D eigenvalue weighted by Gasteiger charge is -2.06. The summed E-state index contributed by atoms with van der Waals surface area (Å²) >= 11 is 0. The summed E-state index contributed by atoms with van der Waals surface area (Å²) in [5, 5.41) is 2.56. The lowest BCUT2D eigenvalue weighted by atomic mass is 10.1. The van der Waals surface area contributed by atoms with Crippen LogP contribution in [0.25, 0.3) is 17.5 Å². The molecule has 0 spiro atoms. The zero-order chi connectivity index (χ0) is 19.5. The first-order valence-electron chi connectivity index (χ1n) is 8.53. The Bertz CT molecular complexity index is 789. The lowest BCUT2D eigenvalue weighted by molar-refractivity contribution is -0.127. The van der Waals surface area contributed by atoms with E-state index in [0.29, 0.717) is 18.7 Å². The smallest absolute Gasteiger partial charge is 0.407 e. The molecule has 140 valence electrons. The molecule has 0 aliphatic rings. The van der Waals surface area contributed by atoms with Gasteiger partial charge >= 0.3 is 6.09 Å². The molecule has 1 aromatic carbocycles. The van der Waals surface area contributed by atoms with Crippen molar-refractivity contribution in [3.8, 4) is 11.4 Å². The summed E-state index contributed by atoms with van der Waals surface area (Å²) in [5.41, 5.74) is 1.89. The van der Waals surface area contributed by atoms with Crippen LogP contribution in [0, 0.1) is 5.92 Å². The Kier molecular flexibility index (Phi) is 7.84. The highest BCUT2D eigenvalue weighted by Gasteiger charge is 2.12. The van der Waals surface area contributed by atoms with Gasteiger partial charge in [0.1, 0.15) is 18.7 Å². The molecular formula is C20H21N3O4. The topological polar surface area (TPSA) is 98.2 Å². The van der Waals surface area contributed by atoms with Gasteiger partial charge in [-0.1, -0.05) is 36.4 Å². The van der Waals surface area contributed by atoms with Crippen LogP contribution in [-0.2, 0) is 14.3 Å². The number of hydrogen-bond donors (Lipinski definition) is 1. The van der Waals surface area contributed by atoms with E-state index in [9.17, 15) is 14.4 Å². The number of nitrogens with one attached hydrogen (secondary N) is 1. The third-order valence-electron chi connectivity index (χ3n) is 3.70. The first-order chi connectivity index (χ1) is 13.1. The second-order valence-corrected chi connectivity index (χ2v) is 5.75. The van der Waals surface area contributed by atoms with Gasteiger partial charge in [0.2, 0.25) is 0 Å². The molecule has 7 heteroatoms. The van der Waals surface area contributed by atoms with Crippen molar-refractivity contribution in [3.63, 3.8) is 0 Å². The maximum absolute atomic E-state index is 11.5. The minimum Gasteiger partial charge on any atom is -0.449 e. The van der Waals surface area contributed by atoms with Crippen LogP contribution < -0.4 is 5.32 Å². The normalized spacial score (nSPS) is 11.7. The van der Waals surface area contributed by atoms with Gasteiger partial charge in [0.25, 0.3) is 0 Å². The van der Waals surface area contributed by atoms with Crippen molar-refractivity contribution in [1.82, 2.24) is 15.3 Å². The number of carbonyl (C=O) groups excluding carboxylic acids is 3. The molecule has 2 rings (SSSR count). The molecule has 0 aliphatic carbocycles. The Hall–Kier alpha value is -3.35. The maximum Gasteiger partial charge on any atom is 0.407 e. The maximum atomic E-state index is 11.5. The van der Waals surface area contributed by atoms with Gasteiger partial charge in [-0.3, -0.25) is 4.79 Å². The van der Waals surface area contributed by atoms with E-state index in [1.165, 1.54) is 6.92 Å². The first kappa shape index (κ1) is 20.0. The molecule has 1 heterocycles. The molecule has 7 nitrogen and oxygen atoms in total. The number of ether oxygens (including phenoxy) is 1. The van der Waals surface area contributed by atoms with Crippen LogP contribution in [0.1, 0.15) is 18.9 Å². The van der Waals surface area contributed by atoms with Crippen LogP contribution in [-0.4, -0.2) is 41.3 Å². The highest BCUT2D eigenvalue weighted by molar-refractivity contribution is 5.92. The zero-order valence-corrected chi connectivity index (χ0v) is 15.0. The van der Waals surface area contributed by atoms with Gasteiger partial charge in [-0.2, -0.15) is 0 Å². The molecule has 1 atom stereocenters. The van der Waals surface area contributed by atoms with Gasteiger partial charge in [0, 0.05) is 30.9 Å². The molecule has 0 bridgehead atoms. The summed E-state index contributed by atoms with van der Waals surface area (Å²) in [6.07, 6.45) is 7.04. The Morgan fingerprint density at radius 3 is 2.56 bits per heavy atom. The van der Waals surface area contributed by atoms with Crippen molar-refractivity contribution in [2.24, 2.45) is 5.92 Å². The van der Waals surface area contributed by atoms with E-state index in [1.807, 2.05) is 30.3 Å². The fraction of sp³-hybridized carbons (Fsp3) is 0.250. The molecule has 1 aromatic heterocycles. The second-order valence-electron chi connectivity index (χ2n) is 5.75. The van der Waals surface area contributed by atoms with Crippen molar-refractivity contribution in [2.45, 2.75) is 13.3 Å². The Balaban J connectivity index is 1.70. The van der Waals surface area contributed by atoms with Crippen LogP contribution >= 0.6 is 0 Å². The number of nitrogens with zero attached hydrogens (tertiary/aromatic N) is 2. The molecule has 0 radical (unpaired) electrons. The van der Waals surface area contributed by atoms with Gasteiger partial charge in [0.05, 0.1) is 5.92 Å². The molecule has 27 heavy (non-hydrogen) atoms. The lowest BCUT2D eigenvalue weighted by Crippen LogP contribution is -2.25. The van der Waals surface area contributed by atoms with Crippen LogP contribution in [0.3, 0.4) is 0 Å². The summed E-state index contributed by atoms with van der Waals surface area (Å²) in [6.45, 7) is 1.76. The number of aromatic nitrogens is 2. The fourth-order valence-corrected chi connectivity index (χ4v) is 2.13. The van der Waals surface area contributed by atoms with E-state index in [2.05, 4.69) is 15.3 Å². The zero-order valence-electron chi connectivity index (χ0n) is 15.0. The summed E-state index contributed by atoms with van der Waals surface area (Å²) in [7, 11) is 0. The van der Waals surface area contributed by atoms with E-state index in [4.69, 9.17) is 4.74 Å². The number of carbonyl (C=O) groups is 3. The molecule has 0 aliphatic heterocycles. The van der Waals surface area contributed by atoms with E-state index < -0.39 is 12.0 Å². The fourth-order valence-electron chi connectivity index (χ4n) is 2.13. The molecule has 1 unspecified atom stereocenters. The minimum absolute atomic E-state index is 0.0284. The predicted octanol–water partition coefficient (Wildman–Crippen LogP) is 2.68. The average molecular weight is 367 g/mol. The third-order valence-corrected chi connectivity index (χ3v) is 3.70. The SMILES string of the molecule is CC(C=O)C(=O)CCOC(=O)NC/C=C/c1ccc(-c2ncccn2)cc1. The Labute approximate surface area is 157 Å². The largest absolute Gasteiger partial charge is 0.449 e. The summed E-state index contributed by atoms with van der Waals surface area (Å²) < 4.78 is 4.89. The van der Waals surface area contributed by atoms with Crippen LogP contribution in [0.4, 0.5) is 4.79 Å². The number of Topliss-reactive ketones (excluding diaryl/α,β-unsaturated/α-hetero) is 1. The van der Waals surface area contributed by atoms with Crippen molar-refractivity contribution < 1.29 is 19.1 Å². The van der Waals surface area contributed by atoms with Crippen molar-refractivity contribution in [3.05, 3.63) is 54.4 Å². The Morgan fingerprint density at radius 2 is 1.89 bits per heavy atom. The van der Waals surface area contributed by atoms with E-state index in [0.717, 1.165) is 11.1 Å². The standard InChI is InChI=1S/C20H21N3O4/c1-15(14-24)18(25)9-13-27-20(26)23-10-2-4-16-5-7-17(8-6-16)19-21-11-3-12-22-19/h2-8,11-12,14-15H,9-10,13H2,1H3,(H,23,26)/b4-2+. The Morgan fingerprint density at radius 1 is 1.19 bits per heavy atom. The number of ketones is 1. The van der Waals surface area contributed by atoms with E-state index >= 15 is 0 Å². The first-order valence-corrected chi connectivity index (χ1v) is 8.53. The van der Waals surface area contributed by atoms with Crippen molar-refractivity contribution in [2.75, 3.05) is 13.2 Å². The monoisotopic (exact) mass is 367 g/mol. The molecule has 0 saturated heterocycles. The average Bonchev–Trinajstić information content (AvgIpc) is 2.71. The third kappa shape index (κ3) is 6.81. The summed E-state index contributed by atoms with van der Waals surface area (Å²) in [6, 6.07) is 9.48. The molecule has 0 fully saturated rings. The number of alkyl carbamates (subject to hydrolysis) is 1. The van der Waals surface area contributed by atoms with E-state index in [1.54, 1.807) is 24.5 Å². The van der Waals surface area contributed by atoms with Gasteiger partial charge in [-0.25, -0.2) is 14.8 Å². The number of aldehydes is 1. The van der Waals surface area contributed by atoms with Crippen LogP contribution in [0.15, 0.2) is 48.8 Å². The molecule has 2 aromatic rings. The predicted molar refractivity (Wildman–Crippen MR) is 101 cm³/mol. The number of benzene rings is 1. The highest BCUT2D eigenvalue weighted by Crippen LogP contribution is 2.15. The van der Waals surface area contributed by atoms with Gasteiger partial charge in [-0.05, 0) is 18.6 Å². The van der Waals surface area contributed by atoms with Gasteiger partial charge in [-0.15, -0.1) is 0 Å². The highest BCUT2D eigenvalue weighted by atomic mass is 16.5. The van der Waals surface area contributed by atoms with Gasteiger partial charge < -0.3 is 14.8 Å². The number of hydrogen-bond acceptors (Lipinski definition) is 6. The number of rotatable bonds is 9. The van der Waals surface area contributed by atoms with Crippen molar-refractivity contribution >= 4 is 24.2 Å². The summed E-state index contributed by atoms with van der Waals surface area (Å²) in [4.78, 5) is 41.8. The van der Waals surface area contributed by atoms with Gasteiger partial charge in [0.15, 0.2) is 5.82 Å². The number of amides is 1. The van der Waals surface area contributed by atoms with E-state index in [-0.39, 0.29) is 18.8 Å². The molecule has 1 amide bonds. The van der Waals surface area contributed by atoms with Crippen LogP contribution in [0.5, 0.6) is 0 Å². The minimum atomic E-state index is -0.667. The quantitative estimate of drug-likeness (QED) is 0.540. The second kappa shape index (κ2) is 10.6. The summed E-state index contributed by atoms with van der Waals surface area (Å²) in [5.74, 6) is -0.250. The molecule has 0 saturated carbocycles. The van der Waals surface area contributed by atoms with Crippen LogP contribution in [0.2, 0.25) is 0 Å². The molecular weight excluding hydrogens is 346 g/mol.